The number of halogens is 1. The first kappa shape index (κ1) is 12.3. The van der Waals surface area contributed by atoms with Crippen LogP contribution in [0.3, 0.4) is 0 Å². The zero-order valence-electron chi connectivity index (χ0n) is 9.13. The molecule has 0 fully saturated rings. The van der Waals surface area contributed by atoms with Gasteiger partial charge in [0.25, 0.3) is 0 Å². The van der Waals surface area contributed by atoms with Gasteiger partial charge in [0.1, 0.15) is 5.15 Å². The summed E-state index contributed by atoms with van der Waals surface area (Å²) in [4.78, 5) is 26.0. The molecule has 2 rings (SSSR count). The van der Waals surface area contributed by atoms with E-state index in [4.69, 9.17) is 16.7 Å². The molecule has 4 nitrogen and oxygen atoms in total. The third-order valence-electron chi connectivity index (χ3n) is 2.48. The highest BCUT2D eigenvalue weighted by molar-refractivity contribution is 6.29. The fourth-order valence-electron chi connectivity index (χ4n) is 1.67. The van der Waals surface area contributed by atoms with E-state index in [-0.39, 0.29) is 10.7 Å². The lowest BCUT2D eigenvalue weighted by Gasteiger charge is -2.08. The fourth-order valence-corrected chi connectivity index (χ4v) is 1.82. The molecule has 1 aromatic carbocycles. The second kappa shape index (κ2) is 4.98. The van der Waals surface area contributed by atoms with Gasteiger partial charge in [-0.3, -0.25) is 4.79 Å². The summed E-state index contributed by atoms with van der Waals surface area (Å²) in [5, 5.41) is 9.24. The van der Waals surface area contributed by atoms with Crippen molar-refractivity contribution in [2.75, 3.05) is 0 Å². The molecule has 0 atom stereocenters. The summed E-state index contributed by atoms with van der Waals surface area (Å²) < 4.78 is 0. The monoisotopic (exact) mass is 261 g/mol. The van der Waals surface area contributed by atoms with Crippen molar-refractivity contribution in [2.24, 2.45) is 0 Å². The SMILES string of the molecule is O=Cc1ccccc1-c1cnc(Cl)cc1C(=O)O. The molecular formula is C13H8ClNO3. The molecule has 1 aromatic heterocycles. The van der Waals surface area contributed by atoms with E-state index in [1.165, 1.54) is 12.3 Å². The Balaban J connectivity index is 2.71. The van der Waals surface area contributed by atoms with Crippen LogP contribution in [0.25, 0.3) is 11.1 Å². The summed E-state index contributed by atoms with van der Waals surface area (Å²) >= 11 is 5.68. The highest BCUT2D eigenvalue weighted by atomic mass is 35.5. The number of benzene rings is 1. The van der Waals surface area contributed by atoms with Crippen LogP contribution >= 0.6 is 11.6 Å². The number of nitrogens with zero attached hydrogens (tertiary/aromatic N) is 1. The largest absolute Gasteiger partial charge is 0.478 e. The average Bonchev–Trinajstić information content (AvgIpc) is 2.38. The number of carbonyl (C=O) groups is 2. The Bertz CT molecular complexity index is 625. The molecule has 0 amide bonds. The zero-order valence-corrected chi connectivity index (χ0v) is 9.89. The van der Waals surface area contributed by atoms with Crippen molar-refractivity contribution in [3.05, 3.63) is 52.8 Å². The van der Waals surface area contributed by atoms with Crippen molar-refractivity contribution >= 4 is 23.9 Å². The number of carbonyl (C=O) groups excluding carboxylic acids is 1. The first-order chi connectivity index (χ1) is 8.63. The molecule has 0 saturated heterocycles. The summed E-state index contributed by atoms with van der Waals surface area (Å²) in [6.07, 6.45) is 2.03. The van der Waals surface area contributed by atoms with Crippen molar-refractivity contribution in [3.63, 3.8) is 0 Å². The maximum Gasteiger partial charge on any atom is 0.336 e. The molecule has 0 saturated carbocycles. The number of aldehydes is 1. The van der Waals surface area contributed by atoms with Crippen LogP contribution in [-0.2, 0) is 0 Å². The van der Waals surface area contributed by atoms with Gasteiger partial charge in [-0.1, -0.05) is 35.9 Å². The van der Waals surface area contributed by atoms with Gasteiger partial charge in [-0.05, 0) is 11.6 Å². The highest BCUT2D eigenvalue weighted by Crippen LogP contribution is 2.27. The summed E-state index contributed by atoms with van der Waals surface area (Å²) in [7, 11) is 0. The predicted molar refractivity (Wildman–Crippen MR) is 67.0 cm³/mol. The van der Waals surface area contributed by atoms with E-state index in [0.717, 1.165) is 0 Å². The van der Waals surface area contributed by atoms with E-state index in [0.29, 0.717) is 23.0 Å². The smallest absolute Gasteiger partial charge is 0.336 e. The third kappa shape index (κ3) is 2.24. The molecule has 0 spiro atoms. The molecular weight excluding hydrogens is 254 g/mol. The number of hydrogen-bond acceptors (Lipinski definition) is 3. The van der Waals surface area contributed by atoms with E-state index < -0.39 is 5.97 Å². The molecule has 1 heterocycles. The van der Waals surface area contributed by atoms with Crippen LogP contribution in [-0.4, -0.2) is 22.3 Å². The van der Waals surface area contributed by atoms with E-state index in [1.54, 1.807) is 24.3 Å². The number of pyridine rings is 1. The van der Waals surface area contributed by atoms with E-state index >= 15 is 0 Å². The molecule has 0 unspecified atom stereocenters. The number of rotatable bonds is 3. The third-order valence-corrected chi connectivity index (χ3v) is 2.69. The van der Waals surface area contributed by atoms with Crippen LogP contribution in [0.5, 0.6) is 0 Å². The van der Waals surface area contributed by atoms with Crippen molar-refractivity contribution in [2.45, 2.75) is 0 Å². The lowest BCUT2D eigenvalue weighted by molar-refractivity contribution is 0.0697. The Labute approximate surface area is 108 Å². The van der Waals surface area contributed by atoms with Gasteiger partial charge in [0.15, 0.2) is 6.29 Å². The molecule has 1 N–H and O–H groups in total. The van der Waals surface area contributed by atoms with Gasteiger partial charge >= 0.3 is 5.97 Å². The number of carboxylic acids is 1. The van der Waals surface area contributed by atoms with Crippen molar-refractivity contribution in [3.8, 4) is 11.1 Å². The van der Waals surface area contributed by atoms with E-state index in [1.807, 2.05) is 0 Å². The van der Waals surface area contributed by atoms with Gasteiger partial charge in [0, 0.05) is 17.3 Å². The Hall–Kier alpha value is -2.20. The van der Waals surface area contributed by atoms with E-state index in [9.17, 15) is 9.59 Å². The molecule has 90 valence electrons. The minimum Gasteiger partial charge on any atom is -0.478 e. The quantitative estimate of drug-likeness (QED) is 0.681. The Morgan fingerprint density at radius 1 is 1.28 bits per heavy atom. The molecule has 0 radical (unpaired) electrons. The van der Waals surface area contributed by atoms with Gasteiger partial charge in [0.2, 0.25) is 0 Å². The first-order valence-electron chi connectivity index (χ1n) is 5.07. The molecule has 0 aliphatic heterocycles. The van der Waals surface area contributed by atoms with Crippen LogP contribution in [0.1, 0.15) is 20.7 Å². The van der Waals surface area contributed by atoms with Crippen LogP contribution < -0.4 is 0 Å². The number of aromatic carboxylic acids is 1. The normalized spacial score (nSPS) is 10.1. The first-order valence-corrected chi connectivity index (χ1v) is 5.44. The second-order valence-corrected chi connectivity index (χ2v) is 3.95. The predicted octanol–water partition coefficient (Wildman–Crippen LogP) is 2.91. The Kier molecular flexibility index (Phi) is 3.39. The Morgan fingerprint density at radius 3 is 2.67 bits per heavy atom. The Morgan fingerprint density at radius 2 is 2.00 bits per heavy atom. The standard InChI is InChI=1S/C13H8ClNO3/c14-12-5-10(13(17)18)11(6-15-12)9-4-2-1-3-8(9)7-16/h1-7H,(H,17,18). The van der Waals surface area contributed by atoms with Gasteiger partial charge in [0.05, 0.1) is 5.56 Å². The van der Waals surface area contributed by atoms with Gasteiger partial charge in [-0.2, -0.15) is 0 Å². The topological polar surface area (TPSA) is 67.3 Å². The molecule has 0 aliphatic carbocycles. The van der Waals surface area contributed by atoms with Crippen molar-refractivity contribution in [1.82, 2.24) is 4.98 Å². The summed E-state index contributed by atoms with van der Waals surface area (Å²) in [6, 6.07) is 7.98. The van der Waals surface area contributed by atoms with Gasteiger partial charge < -0.3 is 5.11 Å². The molecule has 18 heavy (non-hydrogen) atoms. The van der Waals surface area contributed by atoms with Crippen molar-refractivity contribution < 1.29 is 14.7 Å². The minimum absolute atomic E-state index is 0.0179. The minimum atomic E-state index is -1.12. The lowest BCUT2D eigenvalue weighted by atomic mass is 9.98. The summed E-state index contributed by atoms with van der Waals surface area (Å²) in [5.41, 5.74) is 1.32. The van der Waals surface area contributed by atoms with Gasteiger partial charge in [-0.15, -0.1) is 0 Å². The molecule has 0 aliphatic rings. The average molecular weight is 262 g/mol. The number of carboxylic acid groups (broad SMARTS) is 1. The number of aromatic nitrogens is 1. The zero-order chi connectivity index (χ0) is 13.1. The summed E-state index contributed by atoms with van der Waals surface area (Å²) in [6.45, 7) is 0. The summed E-state index contributed by atoms with van der Waals surface area (Å²) in [5.74, 6) is -1.12. The lowest BCUT2D eigenvalue weighted by Crippen LogP contribution is -2.02. The highest BCUT2D eigenvalue weighted by Gasteiger charge is 2.15. The van der Waals surface area contributed by atoms with Crippen LogP contribution in [0.2, 0.25) is 5.15 Å². The molecule has 2 aromatic rings. The number of hydrogen-bond donors (Lipinski definition) is 1. The van der Waals surface area contributed by atoms with Crippen LogP contribution in [0.15, 0.2) is 36.5 Å². The van der Waals surface area contributed by atoms with Crippen LogP contribution in [0.4, 0.5) is 0 Å². The maximum atomic E-state index is 11.2. The second-order valence-electron chi connectivity index (χ2n) is 3.56. The van der Waals surface area contributed by atoms with Gasteiger partial charge in [-0.25, -0.2) is 9.78 Å². The van der Waals surface area contributed by atoms with Crippen molar-refractivity contribution in [1.29, 1.82) is 0 Å². The maximum absolute atomic E-state index is 11.2. The molecule has 0 bridgehead atoms. The fraction of sp³-hybridized carbons (Fsp3) is 0. The van der Waals surface area contributed by atoms with Crippen LogP contribution in [0, 0.1) is 0 Å². The van der Waals surface area contributed by atoms with E-state index in [2.05, 4.69) is 4.98 Å². The molecule has 5 heteroatoms.